The molecule has 0 saturated carbocycles. The van der Waals surface area contributed by atoms with Crippen molar-refractivity contribution in [3.63, 3.8) is 0 Å². The van der Waals surface area contributed by atoms with Gasteiger partial charge in [-0.05, 0) is 61.2 Å². The van der Waals surface area contributed by atoms with Gasteiger partial charge in [0.15, 0.2) is 0 Å². The van der Waals surface area contributed by atoms with Crippen molar-refractivity contribution in [1.82, 2.24) is 0 Å². The summed E-state index contributed by atoms with van der Waals surface area (Å²) in [5, 5.41) is 6.00. The Hall–Kier alpha value is -2.82. The average molecular weight is 339 g/mol. The Balaban J connectivity index is 1.94. The number of hydrogen-bond acceptors (Lipinski definition) is 3. The van der Waals surface area contributed by atoms with Crippen molar-refractivity contribution < 1.29 is 9.59 Å². The van der Waals surface area contributed by atoms with Crippen molar-refractivity contribution in [2.45, 2.75) is 39.2 Å². The molecule has 2 atom stereocenters. The lowest BCUT2D eigenvalue weighted by molar-refractivity contribution is -0.116. The highest BCUT2D eigenvalue weighted by atomic mass is 16.2. The number of carbonyl (C=O) groups is 2. The van der Waals surface area contributed by atoms with Gasteiger partial charge in [0.1, 0.15) is 6.04 Å². The zero-order valence-electron chi connectivity index (χ0n) is 14.9. The molecule has 5 heteroatoms. The Kier molecular flexibility index (Phi) is 6.17. The molecule has 2 aromatic carbocycles. The van der Waals surface area contributed by atoms with Gasteiger partial charge in [0.2, 0.25) is 11.8 Å². The van der Waals surface area contributed by atoms with E-state index in [4.69, 9.17) is 5.73 Å². The summed E-state index contributed by atoms with van der Waals surface area (Å²) >= 11 is 0. The normalized spacial score (nSPS) is 12.9. The number of nitrogens with one attached hydrogen (secondary N) is 2. The molecule has 2 amide bonds. The van der Waals surface area contributed by atoms with E-state index in [9.17, 15) is 9.59 Å². The number of nitrogens with two attached hydrogens (primary N) is 1. The second kappa shape index (κ2) is 8.33. The van der Waals surface area contributed by atoms with Crippen molar-refractivity contribution in [2.75, 3.05) is 10.6 Å². The lowest BCUT2D eigenvalue weighted by atomic mass is 9.98. The number of amides is 2. The highest BCUT2D eigenvalue weighted by molar-refractivity contribution is 5.97. The maximum Gasteiger partial charge on any atom is 0.248 e. The molecule has 0 aliphatic heterocycles. The summed E-state index contributed by atoms with van der Waals surface area (Å²) in [6, 6.07) is 14.3. The van der Waals surface area contributed by atoms with E-state index in [1.165, 1.54) is 5.56 Å². The van der Waals surface area contributed by atoms with Crippen LogP contribution in [0.1, 0.15) is 49.0 Å². The van der Waals surface area contributed by atoms with Gasteiger partial charge in [0.25, 0.3) is 0 Å². The van der Waals surface area contributed by atoms with Crippen molar-refractivity contribution in [3.05, 3.63) is 59.7 Å². The van der Waals surface area contributed by atoms with Crippen LogP contribution in [0.25, 0.3) is 0 Å². The minimum absolute atomic E-state index is 0.155. The zero-order chi connectivity index (χ0) is 18.4. The highest BCUT2D eigenvalue weighted by Crippen LogP contribution is 2.21. The minimum Gasteiger partial charge on any atom is -0.374 e. The molecule has 0 bridgehead atoms. The van der Waals surface area contributed by atoms with Crippen LogP contribution in [0.3, 0.4) is 0 Å². The predicted molar refractivity (Wildman–Crippen MR) is 102 cm³/mol. The average Bonchev–Trinajstić information content (AvgIpc) is 2.62. The van der Waals surface area contributed by atoms with E-state index in [1.54, 1.807) is 31.2 Å². The monoisotopic (exact) mass is 339 g/mol. The number of anilines is 2. The van der Waals surface area contributed by atoms with E-state index in [0.29, 0.717) is 17.2 Å². The molecule has 0 unspecified atom stereocenters. The first kappa shape index (κ1) is 18.5. The van der Waals surface area contributed by atoms with Crippen LogP contribution < -0.4 is 16.4 Å². The van der Waals surface area contributed by atoms with E-state index in [2.05, 4.69) is 36.6 Å². The van der Waals surface area contributed by atoms with Crippen LogP contribution in [0.5, 0.6) is 0 Å². The standard InChI is InChI=1S/C20H25N3O2/c1-4-13(2)15-5-9-17(10-6-15)22-14(3)20(25)23-18-11-7-16(8-12-18)19(21)24/h5-14,22H,4H2,1-3H3,(H2,21,24)(H,23,25)/t13-,14-/m0/s1. The molecule has 5 nitrogen and oxygen atoms in total. The number of rotatable bonds is 7. The molecular weight excluding hydrogens is 314 g/mol. The summed E-state index contributed by atoms with van der Waals surface area (Å²) in [6.45, 7) is 6.16. The molecule has 25 heavy (non-hydrogen) atoms. The Morgan fingerprint density at radius 1 is 0.960 bits per heavy atom. The number of primary amides is 1. The van der Waals surface area contributed by atoms with E-state index in [0.717, 1.165) is 12.1 Å². The van der Waals surface area contributed by atoms with Gasteiger partial charge >= 0.3 is 0 Å². The third-order valence-electron chi connectivity index (χ3n) is 4.31. The Bertz CT molecular complexity index is 724. The molecule has 2 rings (SSSR count). The van der Waals surface area contributed by atoms with Crippen LogP contribution in [0.15, 0.2) is 48.5 Å². The SMILES string of the molecule is CC[C@H](C)c1ccc(N[C@@H](C)C(=O)Nc2ccc(C(N)=O)cc2)cc1. The van der Waals surface area contributed by atoms with Crippen LogP contribution >= 0.6 is 0 Å². The number of benzene rings is 2. The molecule has 132 valence electrons. The first-order valence-electron chi connectivity index (χ1n) is 8.48. The molecule has 0 saturated heterocycles. The van der Waals surface area contributed by atoms with Crippen molar-refractivity contribution in [3.8, 4) is 0 Å². The van der Waals surface area contributed by atoms with Gasteiger partial charge in [-0.1, -0.05) is 26.0 Å². The molecule has 0 radical (unpaired) electrons. The van der Waals surface area contributed by atoms with Gasteiger partial charge in [-0.2, -0.15) is 0 Å². The maximum atomic E-state index is 12.3. The molecule has 0 aromatic heterocycles. The summed E-state index contributed by atoms with van der Waals surface area (Å²) in [6.07, 6.45) is 1.10. The van der Waals surface area contributed by atoms with E-state index >= 15 is 0 Å². The summed E-state index contributed by atoms with van der Waals surface area (Å²) in [5.41, 5.74) is 8.42. The van der Waals surface area contributed by atoms with Gasteiger partial charge in [0, 0.05) is 16.9 Å². The molecule has 0 fully saturated rings. The molecule has 2 aromatic rings. The van der Waals surface area contributed by atoms with Crippen molar-refractivity contribution in [1.29, 1.82) is 0 Å². The van der Waals surface area contributed by atoms with Crippen LogP contribution in [0.4, 0.5) is 11.4 Å². The summed E-state index contributed by atoms with van der Waals surface area (Å²) < 4.78 is 0. The predicted octanol–water partition coefficient (Wildman–Crippen LogP) is 3.74. The third-order valence-corrected chi connectivity index (χ3v) is 4.31. The van der Waals surface area contributed by atoms with E-state index < -0.39 is 11.9 Å². The molecular formula is C20H25N3O2. The van der Waals surface area contributed by atoms with Crippen LogP contribution in [0.2, 0.25) is 0 Å². The zero-order valence-corrected chi connectivity index (χ0v) is 14.9. The quantitative estimate of drug-likeness (QED) is 0.718. The fourth-order valence-electron chi connectivity index (χ4n) is 2.43. The molecule has 0 heterocycles. The van der Waals surface area contributed by atoms with Gasteiger partial charge in [0.05, 0.1) is 0 Å². The second-order valence-electron chi connectivity index (χ2n) is 6.23. The molecule has 0 aliphatic carbocycles. The third kappa shape index (κ3) is 5.08. The summed E-state index contributed by atoms with van der Waals surface area (Å²) in [4.78, 5) is 23.3. The molecule has 4 N–H and O–H groups in total. The smallest absolute Gasteiger partial charge is 0.248 e. The lowest BCUT2D eigenvalue weighted by Crippen LogP contribution is -2.31. The highest BCUT2D eigenvalue weighted by Gasteiger charge is 2.13. The Morgan fingerprint density at radius 2 is 1.52 bits per heavy atom. The van der Waals surface area contributed by atoms with Gasteiger partial charge in [-0.25, -0.2) is 0 Å². The van der Waals surface area contributed by atoms with Crippen LogP contribution in [0, 0.1) is 0 Å². The minimum atomic E-state index is -0.492. The van der Waals surface area contributed by atoms with Crippen LogP contribution in [-0.4, -0.2) is 17.9 Å². The van der Waals surface area contributed by atoms with Gasteiger partial charge < -0.3 is 16.4 Å². The Labute approximate surface area is 148 Å². The first-order valence-corrected chi connectivity index (χ1v) is 8.48. The fraction of sp³-hybridized carbons (Fsp3) is 0.300. The summed E-state index contributed by atoms with van der Waals surface area (Å²) in [7, 11) is 0. The van der Waals surface area contributed by atoms with E-state index in [-0.39, 0.29) is 5.91 Å². The van der Waals surface area contributed by atoms with Crippen LogP contribution in [-0.2, 0) is 4.79 Å². The fourth-order valence-corrected chi connectivity index (χ4v) is 2.43. The molecule has 0 aliphatic rings. The largest absolute Gasteiger partial charge is 0.374 e. The van der Waals surface area contributed by atoms with Gasteiger partial charge in [-0.3, -0.25) is 9.59 Å². The van der Waals surface area contributed by atoms with Crippen molar-refractivity contribution >= 4 is 23.2 Å². The lowest BCUT2D eigenvalue weighted by Gasteiger charge is -2.16. The maximum absolute atomic E-state index is 12.3. The number of hydrogen-bond donors (Lipinski definition) is 3. The van der Waals surface area contributed by atoms with Gasteiger partial charge in [-0.15, -0.1) is 0 Å². The topological polar surface area (TPSA) is 84.2 Å². The number of carbonyl (C=O) groups excluding carboxylic acids is 2. The first-order chi connectivity index (χ1) is 11.9. The second-order valence-corrected chi connectivity index (χ2v) is 6.23. The molecule has 0 spiro atoms. The Morgan fingerprint density at radius 3 is 2.04 bits per heavy atom. The summed E-state index contributed by atoms with van der Waals surface area (Å²) in [5.74, 6) is -0.121. The van der Waals surface area contributed by atoms with E-state index in [1.807, 2.05) is 12.1 Å². The van der Waals surface area contributed by atoms with Crippen molar-refractivity contribution in [2.24, 2.45) is 5.73 Å².